The molecule has 2 amide bonds. The molecule has 10 heteroatoms. The van der Waals surface area contributed by atoms with Crippen molar-refractivity contribution in [3.63, 3.8) is 0 Å². The number of nitrogens with zero attached hydrogens (tertiary/aromatic N) is 2. The quantitative estimate of drug-likeness (QED) is 0.150. The van der Waals surface area contributed by atoms with Gasteiger partial charge >= 0.3 is 0 Å². The van der Waals surface area contributed by atoms with Gasteiger partial charge in [-0.05, 0) is 86.8 Å². The van der Waals surface area contributed by atoms with Crippen LogP contribution in [0.15, 0.2) is 108 Å². The van der Waals surface area contributed by atoms with Crippen molar-refractivity contribution in [3.05, 3.63) is 125 Å². The van der Waals surface area contributed by atoms with E-state index in [0.717, 1.165) is 15.4 Å². The smallest absolute Gasteiger partial charge is 0.264 e. The highest BCUT2D eigenvalue weighted by atomic mass is 35.5. The van der Waals surface area contributed by atoms with E-state index in [-0.39, 0.29) is 29.8 Å². The normalized spacial score (nSPS) is 12.5. The Kier molecular flexibility index (Phi) is 12.4. The van der Waals surface area contributed by atoms with Gasteiger partial charge in [-0.25, -0.2) is 8.42 Å². The van der Waals surface area contributed by atoms with Crippen molar-refractivity contribution in [3.8, 4) is 5.75 Å². The topological polar surface area (TPSA) is 96.0 Å². The summed E-state index contributed by atoms with van der Waals surface area (Å²) in [5.74, 6) is -0.330. The average molecular weight is 676 g/mol. The molecule has 2 atom stereocenters. The first-order chi connectivity index (χ1) is 22.5. The highest BCUT2D eigenvalue weighted by Gasteiger charge is 2.35. The molecule has 0 aromatic heterocycles. The van der Waals surface area contributed by atoms with E-state index in [2.05, 4.69) is 5.32 Å². The summed E-state index contributed by atoms with van der Waals surface area (Å²) in [4.78, 5) is 30.0. The van der Waals surface area contributed by atoms with Gasteiger partial charge in [-0.15, -0.1) is 0 Å². The van der Waals surface area contributed by atoms with Crippen LogP contribution in [-0.2, 0) is 32.6 Å². The minimum Gasteiger partial charge on any atom is -0.494 e. The number of amides is 2. The molecule has 4 rings (SSSR count). The lowest BCUT2D eigenvalue weighted by Gasteiger charge is -2.34. The Morgan fingerprint density at radius 2 is 1.53 bits per heavy atom. The van der Waals surface area contributed by atoms with Crippen molar-refractivity contribution < 1.29 is 22.7 Å². The molecule has 0 aliphatic heterocycles. The number of hydrogen-bond donors (Lipinski definition) is 1. The van der Waals surface area contributed by atoms with Gasteiger partial charge in [-0.3, -0.25) is 13.9 Å². The SMILES string of the molecule is CCOc1ccc(S(=O)(=O)N(CC(=O)N(Cc2cccc(Cl)c2)[C@H](Cc2ccccc2)C(=O)N[C@H](C)CC)c2ccc(C)cc2)cc1. The second kappa shape index (κ2) is 16.5. The van der Waals surface area contributed by atoms with Gasteiger partial charge in [0.1, 0.15) is 18.3 Å². The zero-order valence-corrected chi connectivity index (χ0v) is 28.8. The lowest BCUT2D eigenvalue weighted by molar-refractivity contribution is -0.140. The summed E-state index contributed by atoms with van der Waals surface area (Å²) in [6.45, 7) is 7.56. The van der Waals surface area contributed by atoms with Crippen LogP contribution >= 0.6 is 11.6 Å². The molecule has 0 heterocycles. The highest BCUT2D eigenvalue weighted by molar-refractivity contribution is 7.92. The molecular weight excluding hydrogens is 634 g/mol. The van der Waals surface area contributed by atoms with E-state index in [9.17, 15) is 18.0 Å². The number of anilines is 1. The number of nitrogens with one attached hydrogen (secondary N) is 1. The molecule has 0 fully saturated rings. The monoisotopic (exact) mass is 675 g/mol. The largest absolute Gasteiger partial charge is 0.494 e. The molecule has 4 aromatic carbocycles. The summed E-state index contributed by atoms with van der Waals surface area (Å²) >= 11 is 6.32. The van der Waals surface area contributed by atoms with Crippen LogP contribution in [0.3, 0.4) is 0 Å². The van der Waals surface area contributed by atoms with Crippen LogP contribution in [-0.4, -0.2) is 50.4 Å². The Hall–Kier alpha value is -4.34. The Morgan fingerprint density at radius 3 is 2.15 bits per heavy atom. The third kappa shape index (κ3) is 9.59. The molecular formula is C37H42ClN3O5S. The fourth-order valence-corrected chi connectivity index (χ4v) is 6.70. The van der Waals surface area contributed by atoms with Crippen molar-refractivity contribution in [2.45, 2.75) is 64.1 Å². The van der Waals surface area contributed by atoms with Crippen molar-refractivity contribution >= 4 is 39.1 Å². The number of rotatable bonds is 15. The van der Waals surface area contributed by atoms with Crippen LogP contribution in [0.4, 0.5) is 5.69 Å². The van der Waals surface area contributed by atoms with Gasteiger partial charge in [0, 0.05) is 24.0 Å². The van der Waals surface area contributed by atoms with Crippen molar-refractivity contribution in [1.82, 2.24) is 10.2 Å². The Balaban J connectivity index is 1.80. The van der Waals surface area contributed by atoms with Crippen LogP contribution in [0.2, 0.25) is 5.02 Å². The van der Waals surface area contributed by atoms with E-state index in [1.807, 2.05) is 64.1 Å². The Labute approximate surface area is 283 Å². The summed E-state index contributed by atoms with van der Waals surface area (Å²) in [5.41, 5.74) is 2.82. The van der Waals surface area contributed by atoms with Gasteiger partial charge in [0.2, 0.25) is 11.8 Å². The van der Waals surface area contributed by atoms with E-state index in [1.165, 1.54) is 17.0 Å². The minimum absolute atomic E-state index is 0.00562. The zero-order valence-electron chi connectivity index (χ0n) is 27.2. The highest BCUT2D eigenvalue weighted by Crippen LogP contribution is 2.27. The molecule has 248 valence electrons. The van der Waals surface area contributed by atoms with Gasteiger partial charge in [0.15, 0.2) is 0 Å². The molecule has 0 bridgehead atoms. The number of halogens is 1. The number of sulfonamides is 1. The van der Waals surface area contributed by atoms with Gasteiger partial charge < -0.3 is 15.0 Å². The fourth-order valence-electron chi connectivity index (χ4n) is 5.07. The van der Waals surface area contributed by atoms with E-state index >= 15 is 0 Å². The summed E-state index contributed by atoms with van der Waals surface area (Å²) in [7, 11) is -4.23. The molecule has 4 aromatic rings. The summed E-state index contributed by atoms with van der Waals surface area (Å²) in [6.07, 6.45) is 0.930. The second-order valence-corrected chi connectivity index (χ2v) is 13.7. The fraction of sp³-hybridized carbons (Fsp3) is 0.297. The molecule has 0 spiro atoms. The first-order valence-electron chi connectivity index (χ1n) is 15.7. The van der Waals surface area contributed by atoms with Gasteiger partial charge in [-0.1, -0.05) is 78.7 Å². The lowest BCUT2D eigenvalue weighted by Crippen LogP contribution is -2.54. The molecule has 1 N–H and O–H groups in total. The molecule has 47 heavy (non-hydrogen) atoms. The van der Waals surface area contributed by atoms with Crippen LogP contribution in [0, 0.1) is 6.92 Å². The predicted octanol–water partition coefficient (Wildman–Crippen LogP) is 6.80. The number of aryl methyl sites for hydroxylation is 1. The van der Waals surface area contributed by atoms with Crippen LogP contribution < -0.4 is 14.4 Å². The maximum absolute atomic E-state index is 14.6. The van der Waals surface area contributed by atoms with E-state index < -0.39 is 28.5 Å². The van der Waals surface area contributed by atoms with E-state index in [4.69, 9.17) is 16.3 Å². The van der Waals surface area contributed by atoms with Crippen molar-refractivity contribution in [2.24, 2.45) is 0 Å². The van der Waals surface area contributed by atoms with E-state index in [1.54, 1.807) is 54.6 Å². The summed E-state index contributed by atoms with van der Waals surface area (Å²) < 4.78 is 35.1. The second-order valence-electron chi connectivity index (χ2n) is 11.4. The number of hydrogen-bond acceptors (Lipinski definition) is 5. The van der Waals surface area contributed by atoms with Crippen LogP contribution in [0.25, 0.3) is 0 Å². The summed E-state index contributed by atoms with van der Waals surface area (Å²) in [5, 5.41) is 3.53. The lowest BCUT2D eigenvalue weighted by atomic mass is 10.0. The van der Waals surface area contributed by atoms with Gasteiger partial charge in [0.25, 0.3) is 10.0 Å². The maximum atomic E-state index is 14.6. The van der Waals surface area contributed by atoms with Crippen molar-refractivity contribution in [2.75, 3.05) is 17.5 Å². The Bertz CT molecular complexity index is 1730. The first-order valence-corrected chi connectivity index (χ1v) is 17.5. The number of benzene rings is 4. The standard InChI is InChI=1S/C37H42ClN3O5S/c1-5-28(4)39-37(43)35(24-29-11-8-7-9-12-29)40(25-30-13-10-14-31(38)23-30)36(42)26-41(32-17-15-27(3)16-18-32)47(44,45)34-21-19-33(20-22-34)46-6-2/h7-23,28,35H,5-6,24-26H2,1-4H3,(H,39,43)/t28-,35-/m1/s1. The van der Waals surface area contributed by atoms with Gasteiger partial charge in [-0.2, -0.15) is 0 Å². The predicted molar refractivity (Wildman–Crippen MR) is 187 cm³/mol. The molecule has 0 saturated carbocycles. The number of ether oxygens (including phenoxy) is 1. The molecule has 0 saturated heterocycles. The zero-order chi connectivity index (χ0) is 34.0. The third-order valence-corrected chi connectivity index (χ3v) is 9.86. The average Bonchev–Trinajstić information content (AvgIpc) is 3.06. The summed E-state index contributed by atoms with van der Waals surface area (Å²) in [6, 6.07) is 28.5. The minimum atomic E-state index is -4.23. The van der Waals surface area contributed by atoms with Crippen LogP contribution in [0.5, 0.6) is 5.75 Å². The molecule has 8 nitrogen and oxygen atoms in total. The first kappa shape index (κ1) is 35.5. The molecule has 0 aliphatic carbocycles. The third-order valence-electron chi connectivity index (χ3n) is 7.84. The molecule has 0 unspecified atom stereocenters. The molecule has 0 radical (unpaired) electrons. The van der Waals surface area contributed by atoms with Gasteiger partial charge in [0.05, 0.1) is 17.2 Å². The number of carbonyl (C=O) groups excluding carboxylic acids is 2. The number of carbonyl (C=O) groups is 2. The molecule has 0 aliphatic rings. The Morgan fingerprint density at radius 1 is 0.872 bits per heavy atom. The van der Waals surface area contributed by atoms with Crippen LogP contribution in [0.1, 0.15) is 43.9 Å². The maximum Gasteiger partial charge on any atom is 0.264 e. The van der Waals surface area contributed by atoms with Crippen molar-refractivity contribution in [1.29, 1.82) is 0 Å². The van der Waals surface area contributed by atoms with E-state index in [0.29, 0.717) is 35.1 Å².